The van der Waals surface area contributed by atoms with Crippen molar-refractivity contribution in [2.24, 2.45) is 0 Å². The average molecular weight is 425 g/mol. The molecule has 3 aromatic heterocycles. The first-order valence-electron chi connectivity index (χ1n) is 9.58. The molecule has 5 heterocycles. The summed E-state index contributed by atoms with van der Waals surface area (Å²) in [6.07, 6.45) is 0.810. The lowest BCUT2D eigenvalue weighted by Crippen LogP contribution is -2.51. The van der Waals surface area contributed by atoms with E-state index in [4.69, 9.17) is 11.6 Å². The summed E-state index contributed by atoms with van der Waals surface area (Å²) in [5, 5.41) is 0.628. The van der Waals surface area contributed by atoms with Gasteiger partial charge in [-0.1, -0.05) is 11.6 Å². The number of fused-ring (bicyclic) bond motifs is 5. The highest BCUT2D eigenvalue weighted by molar-refractivity contribution is 6.34. The van der Waals surface area contributed by atoms with Crippen molar-refractivity contribution in [2.75, 3.05) is 20.1 Å². The standard InChI is InChI=1S/C19H20ClF3N6/c1-27-12-2-3-13(27)8-28(7-12)6-11-4-14-15(5-24-11)29(9-19(21,22)23)17-16(14)25-10-26-18(17)20/h4-5,10,12-13H,2-3,6-9H2,1H3. The van der Waals surface area contributed by atoms with Crippen molar-refractivity contribution < 1.29 is 13.2 Å². The first kappa shape index (κ1) is 19.0. The second kappa shape index (κ2) is 6.78. The molecule has 29 heavy (non-hydrogen) atoms. The molecule has 2 fully saturated rings. The quantitative estimate of drug-likeness (QED) is 0.602. The van der Waals surface area contributed by atoms with Crippen LogP contribution in [0, 0.1) is 0 Å². The molecule has 2 aliphatic rings. The van der Waals surface area contributed by atoms with Crippen LogP contribution in [0.3, 0.4) is 0 Å². The smallest absolute Gasteiger partial charge is 0.326 e. The Morgan fingerprint density at radius 1 is 1.14 bits per heavy atom. The van der Waals surface area contributed by atoms with Gasteiger partial charge in [0.15, 0.2) is 5.15 Å². The van der Waals surface area contributed by atoms with Crippen LogP contribution in [0.2, 0.25) is 5.15 Å². The van der Waals surface area contributed by atoms with Crippen LogP contribution in [0.25, 0.3) is 21.9 Å². The molecular formula is C19H20ClF3N6. The predicted octanol–water partition coefficient (Wildman–Crippen LogP) is 3.47. The highest BCUT2D eigenvalue weighted by Crippen LogP contribution is 2.34. The Hall–Kier alpha value is -1.97. The van der Waals surface area contributed by atoms with Gasteiger partial charge in [0.25, 0.3) is 0 Å². The summed E-state index contributed by atoms with van der Waals surface area (Å²) in [6.45, 7) is 1.47. The molecule has 154 valence electrons. The van der Waals surface area contributed by atoms with Crippen LogP contribution in [-0.4, -0.2) is 67.7 Å². The zero-order valence-corrected chi connectivity index (χ0v) is 16.6. The number of aromatic nitrogens is 4. The molecule has 0 saturated carbocycles. The third-order valence-electron chi connectivity index (χ3n) is 6.18. The van der Waals surface area contributed by atoms with E-state index in [0.717, 1.165) is 23.4 Å². The summed E-state index contributed by atoms with van der Waals surface area (Å²) in [6, 6.07) is 2.98. The van der Waals surface area contributed by atoms with Gasteiger partial charge in [0.1, 0.15) is 23.9 Å². The Labute approximate surface area is 170 Å². The van der Waals surface area contributed by atoms with Crippen molar-refractivity contribution >= 4 is 33.5 Å². The Balaban J connectivity index is 1.53. The van der Waals surface area contributed by atoms with Crippen LogP contribution in [0.1, 0.15) is 18.5 Å². The third-order valence-corrected chi connectivity index (χ3v) is 6.46. The largest absolute Gasteiger partial charge is 0.406 e. The molecule has 2 unspecified atom stereocenters. The summed E-state index contributed by atoms with van der Waals surface area (Å²) in [5.41, 5.74) is 1.80. The molecule has 0 amide bonds. The van der Waals surface area contributed by atoms with Gasteiger partial charge in [0.05, 0.1) is 17.4 Å². The third kappa shape index (κ3) is 3.35. The SMILES string of the molecule is CN1C2CCC1CN(Cc1cc3c4ncnc(Cl)c4n(CC(F)(F)F)c3cn1)C2. The van der Waals surface area contributed by atoms with Crippen LogP contribution in [0.4, 0.5) is 13.2 Å². The number of halogens is 4. The summed E-state index contributed by atoms with van der Waals surface area (Å²) in [4.78, 5) is 17.4. The number of nitrogens with zero attached hydrogens (tertiary/aromatic N) is 6. The number of likely N-dealkylation sites (tertiary alicyclic amines) is 1. The van der Waals surface area contributed by atoms with E-state index in [0.29, 0.717) is 35.0 Å². The molecule has 2 atom stereocenters. The van der Waals surface area contributed by atoms with Gasteiger partial charge in [-0.15, -0.1) is 0 Å². The van der Waals surface area contributed by atoms with Crippen LogP contribution in [-0.2, 0) is 13.1 Å². The maximum absolute atomic E-state index is 13.2. The lowest BCUT2D eigenvalue weighted by Gasteiger charge is -2.38. The minimum Gasteiger partial charge on any atom is -0.326 e. The highest BCUT2D eigenvalue weighted by Gasteiger charge is 2.37. The minimum atomic E-state index is -4.39. The Morgan fingerprint density at radius 3 is 2.55 bits per heavy atom. The molecule has 6 nitrogen and oxygen atoms in total. The van der Waals surface area contributed by atoms with Crippen molar-refractivity contribution in [1.82, 2.24) is 29.3 Å². The van der Waals surface area contributed by atoms with Gasteiger partial charge in [-0.3, -0.25) is 14.8 Å². The zero-order valence-electron chi connectivity index (χ0n) is 15.8. The fourth-order valence-corrected chi connectivity index (χ4v) is 5.03. The molecule has 10 heteroatoms. The summed E-state index contributed by atoms with van der Waals surface area (Å²) in [7, 11) is 2.18. The molecule has 0 aliphatic carbocycles. The maximum atomic E-state index is 13.2. The van der Waals surface area contributed by atoms with Crippen LogP contribution >= 0.6 is 11.6 Å². The first-order valence-corrected chi connectivity index (χ1v) is 9.96. The number of likely N-dealkylation sites (N-methyl/N-ethyl adjacent to an activating group) is 1. The Bertz CT molecular complexity index is 1070. The topological polar surface area (TPSA) is 50.1 Å². The van der Waals surface area contributed by atoms with Gasteiger partial charge in [0.2, 0.25) is 0 Å². The molecule has 2 aliphatic heterocycles. The van der Waals surface area contributed by atoms with E-state index in [-0.39, 0.29) is 10.7 Å². The highest BCUT2D eigenvalue weighted by atomic mass is 35.5. The maximum Gasteiger partial charge on any atom is 0.406 e. The number of hydrogen-bond donors (Lipinski definition) is 0. The first-order chi connectivity index (χ1) is 13.8. The van der Waals surface area contributed by atoms with Gasteiger partial charge in [-0.25, -0.2) is 9.97 Å². The zero-order chi connectivity index (χ0) is 20.3. The lowest BCUT2D eigenvalue weighted by atomic mass is 10.2. The van der Waals surface area contributed by atoms with E-state index in [1.165, 1.54) is 25.4 Å². The number of pyridine rings is 1. The summed E-state index contributed by atoms with van der Waals surface area (Å²) >= 11 is 6.14. The monoisotopic (exact) mass is 424 g/mol. The van der Waals surface area contributed by atoms with E-state index in [2.05, 4.69) is 31.8 Å². The molecule has 2 bridgehead atoms. The van der Waals surface area contributed by atoms with Crippen molar-refractivity contribution in [3.05, 3.63) is 29.4 Å². The normalized spacial score (nSPS) is 23.5. The number of piperazine rings is 1. The molecule has 5 rings (SSSR count). The van der Waals surface area contributed by atoms with Crippen molar-refractivity contribution in [2.45, 2.75) is 44.2 Å². The Morgan fingerprint density at radius 2 is 1.86 bits per heavy atom. The van der Waals surface area contributed by atoms with Crippen molar-refractivity contribution in [3.8, 4) is 0 Å². The molecule has 0 radical (unpaired) electrons. The molecule has 2 saturated heterocycles. The van der Waals surface area contributed by atoms with Crippen molar-refractivity contribution in [3.63, 3.8) is 0 Å². The van der Waals surface area contributed by atoms with Crippen LogP contribution in [0.15, 0.2) is 18.6 Å². The van der Waals surface area contributed by atoms with Gasteiger partial charge in [0, 0.05) is 37.1 Å². The fourth-order valence-electron chi connectivity index (χ4n) is 4.80. The fraction of sp³-hybridized carbons (Fsp3) is 0.526. The summed E-state index contributed by atoms with van der Waals surface area (Å²) < 4.78 is 40.6. The van der Waals surface area contributed by atoms with E-state index in [1.807, 2.05) is 6.07 Å². The molecular weight excluding hydrogens is 405 g/mol. The Kier molecular flexibility index (Phi) is 4.45. The predicted molar refractivity (Wildman–Crippen MR) is 104 cm³/mol. The second-order valence-electron chi connectivity index (χ2n) is 8.00. The van der Waals surface area contributed by atoms with Gasteiger partial charge >= 0.3 is 6.18 Å². The van der Waals surface area contributed by atoms with E-state index in [1.54, 1.807) is 0 Å². The number of hydrogen-bond acceptors (Lipinski definition) is 5. The lowest BCUT2D eigenvalue weighted by molar-refractivity contribution is -0.139. The van der Waals surface area contributed by atoms with Gasteiger partial charge in [-0.05, 0) is 26.0 Å². The van der Waals surface area contributed by atoms with E-state index >= 15 is 0 Å². The van der Waals surface area contributed by atoms with Crippen molar-refractivity contribution in [1.29, 1.82) is 0 Å². The van der Waals surface area contributed by atoms with Gasteiger partial charge in [-0.2, -0.15) is 13.2 Å². The summed E-state index contributed by atoms with van der Waals surface area (Å²) in [5.74, 6) is 0. The number of rotatable bonds is 3. The second-order valence-corrected chi connectivity index (χ2v) is 8.36. The molecule has 0 spiro atoms. The molecule has 3 aromatic rings. The molecule has 0 aromatic carbocycles. The van der Waals surface area contributed by atoms with Gasteiger partial charge < -0.3 is 4.57 Å². The average Bonchev–Trinajstić information content (AvgIpc) is 3.04. The minimum absolute atomic E-state index is 0.00708. The van der Waals surface area contributed by atoms with E-state index < -0.39 is 12.7 Å². The molecule has 0 N–H and O–H groups in total. The van der Waals surface area contributed by atoms with E-state index in [9.17, 15) is 13.2 Å². The van der Waals surface area contributed by atoms with Crippen LogP contribution in [0.5, 0.6) is 0 Å². The van der Waals surface area contributed by atoms with Crippen LogP contribution < -0.4 is 0 Å². The number of alkyl halides is 3.